The Hall–Kier alpha value is -0.570. The summed E-state index contributed by atoms with van der Waals surface area (Å²) in [6.07, 6.45) is 3.70. The van der Waals surface area contributed by atoms with E-state index in [0.717, 1.165) is 13.0 Å². The topological polar surface area (TPSA) is 49.3 Å². The maximum atomic E-state index is 10.5. The van der Waals surface area contributed by atoms with Crippen LogP contribution in [0.2, 0.25) is 0 Å². The van der Waals surface area contributed by atoms with Gasteiger partial charge >= 0.3 is 5.97 Å². The van der Waals surface area contributed by atoms with E-state index in [1.54, 1.807) is 0 Å². The summed E-state index contributed by atoms with van der Waals surface area (Å²) in [7, 11) is 0. The van der Waals surface area contributed by atoms with E-state index in [2.05, 4.69) is 12.2 Å². The van der Waals surface area contributed by atoms with Crippen molar-refractivity contribution in [2.45, 2.75) is 52.0 Å². The fourth-order valence-electron chi connectivity index (χ4n) is 1.24. The first-order valence-electron chi connectivity index (χ1n) is 4.95. The van der Waals surface area contributed by atoms with Crippen LogP contribution in [0.5, 0.6) is 0 Å². The zero-order valence-corrected chi connectivity index (χ0v) is 8.89. The minimum atomic E-state index is -0.743. The SMILES string of the molecule is CCCCCNC(C)(C)CC(=O)O. The second-order valence-corrected chi connectivity index (χ2v) is 4.09. The molecule has 0 saturated heterocycles. The van der Waals surface area contributed by atoms with Crippen LogP contribution in [0.15, 0.2) is 0 Å². The molecular weight excluding hydrogens is 166 g/mol. The van der Waals surface area contributed by atoms with E-state index in [1.165, 1.54) is 12.8 Å². The Morgan fingerprint density at radius 2 is 2.00 bits per heavy atom. The molecule has 0 spiro atoms. The number of carboxylic acids is 1. The van der Waals surface area contributed by atoms with Crippen molar-refractivity contribution in [3.63, 3.8) is 0 Å². The van der Waals surface area contributed by atoms with Gasteiger partial charge in [-0.25, -0.2) is 0 Å². The van der Waals surface area contributed by atoms with Gasteiger partial charge in [0.15, 0.2) is 0 Å². The van der Waals surface area contributed by atoms with Crippen LogP contribution >= 0.6 is 0 Å². The Kier molecular flexibility index (Phi) is 5.71. The van der Waals surface area contributed by atoms with E-state index in [0.29, 0.717) is 0 Å². The molecule has 0 bridgehead atoms. The van der Waals surface area contributed by atoms with E-state index in [-0.39, 0.29) is 12.0 Å². The number of carbonyl (C=O) groups is 1. The van der Waals surface area contributed by atoms with E-state index in [1.807, 2.05) is 13.8 Å². The molecule has 0 unspecified atom stereocenters. The molecule has 0 aromatic carbocycles. The van der Waals surface area contributed by atoms with Crippen LogP contribution in [-0.4, -0.2) is 23.2 Å². The lowest BCUT2D eigenvalue weighted by molar-refractivity contribution is -0.138. The number of hydrogen-bond donors (Lipinski definition) is 2. The van der Waals surface area contributed by atoms with Crippen molar-refractivity contribution < 1.29 is 9.90 Å². The van der Waals surface area contributed by atoms with Crippen LogP contribution in [-0.2, 0) is 4.79 Å². The normalized spacial score (nSPS) is 11.6. The van der Waals surface area contributed by atoms with Gasteiger partial charge in [0.2, 0.25) is 0 Å². The van der Waals surface area contributed by atoms with Crippen molar-refractivity contribution in [3.8, 4) is 0 Å². The largest absolute Gasteiger partial charge is 0.481 e. The third-order valence-electron chi connectivity index (χ3n) is 1.98. The second kappa shape index (κ2) is 5.97. The molecule has 0 amide bonds. The summed E-state index contributed by atoms with van der Waals surface area (Å²) in [6, 6.07) is 0. The number of aliphatic carboxylic acids is 1. The molecule has 0 atom stereocenters. The predicted octanol–water partition coefficient (Wildman–Crippen LogP) is 2.02. The number of carboxylic acid groups (broad SMARTS) is 1. The van der Waals surface area contributed by atoms with Crippen LogP contribution < -0.4 is 5.32 Å². The average Bonchev–Trinajstić information content (AvgIpc) is 1.95. The minimum absolute atomic E-state index is 0.180. The Bertz CT molecular complexity index is 155. The molecule has 78 valence electrons. The fraction of sp³-hybridized carbons (Fsp3) is 0.900. The molecule has 0 aromatic rings. The lowest BCUT2D eigenvalue weighted by atomic mass is 10.0. The van der Waals surface area contributed by atoms with Gasteiger partial charge in [-0.15, -0.1) is 0 Å². The molecule has 13 heavy (non-hydrogen) atoms. The smallest absolute Gasteiger partial charge is 0.305 e. The summed E-state index contributed by atoms with van der Waals surface area (Å²) in [5, 5.41) is 11.9. The van der Waals surface area contributed by atoms with E-state index in [9.17, 15) is 4.79 Å². The first kappa shape index (κ1) is 12.4. The zero-order valence-electron chi connectivity index (χ0n) is 8.89. The van der Waals surface area contributed by atoms with E-state index >= 15 is 0 Å². The highest BCUT2D eigenvalue weighted by Gasteiger charge is 2.19. The van der Waals surface area contributed by atoms with Gasteiger partial charge in [-0.1, -0.05) is 19.8 Å². The van der Waals surface area contributed by atoms with E-state index < -0.39 is 5.97 Å². The fourth-order valence-corrected chi connectivity index (χ4v) is 1.24. The Labute approximate surface area is 80.5 Å². The van der Waals surface area contributed by atoms with Crippen LogP contribution in [0.1, 0.15) is 46.5 Å². The highest BCUT2D eigenvalue weighted by molar-refractivity contribution is 5.68. The summed E-state index contributed by atoms with van der Waals surface area (Å²) in [5.41, 5.74) is -0.278. The summed E-state index contributed by atoms with van der Waals surface area (Å²) >= 11 is 0. The van der Waals surface area contributed by atoms with Crippen molar-refractivity contribution in [2.75, 3.05) is 6.54 Å². The highest BCUT2D eigenvalue weighted by Crippen LogP contribution is 2.08. The second-order valence-electron chi connectivity index (χ2n) is 4.09. The summed E-state index contributed by atoms with van der Waals surface area (Å²) in [6.45, 7) is 6.91. The van der Waals surface area contributed by atoms with Crippen LogP contribution in [0.25, 0.3) is 0 Å². The molecule has 0 aliphatic carbocycles. The molecule has 0 aliphatic rings. The molecule has 0 saturated carbocycles. The van der Waals surface area contributed by atoms with Crippen molar-refractivity contribution in [2.24, 2.45) is 0 Å². The first-order chi connectivity index (χ1) is 5.98. The number of rotatable bonds is 7. The van der Waals surface area contributed by atoms with Gasteiger partial charge in [0.25, 0.3) is 0 Å². The van der Waals surface area contributed by atoms with Crippen LogP contribution in [0, 0.1) is 0 Å². The Morgan fingerprint density at radius 3 is 2.46 bits per heavy atom. The third kappa shape index (κ3) is 7.78. The molecule has 0 aliphatic heterocycles. The van der Waals surface area contributed by atoms with Crippen LogP contribution in [0.3, 0.4) is 0 Å². The van der Waals surface area contributed by atoms with Gasteiger partial charge in [0.1, 0.15) is 0 Å². The quantitative estimate of drug-likeness (QED) is 0.599. The predicted molar refractivity (Wildman–Crippen MR) is 53.9 cm³/mol. The first-order valence-corrected chi connectivity index (χ1v) is 4.95. The molecule has 2 N–H and O–H groups in total. The van der Waals surface area contributed by atoms with Gasteiger partial charge in [-0.2, -0.15) is 0 Å². The van der Waals surface area contributed by atoms with Crippen LogP contribution in [0.4, 0.5) is 0 Å². The van der Waals surface area contributed by atoms with E-state index in [4.69, 9.17) is 5.11 Å². The van der Waals surface area contributed by atoms with Gasteiger partial charge in [-0.3, -0.25) is 4.79 Å². The number of hydrogen-bond acceptors (Lipinski definition) is 2. The van der Waals surface area contributed by atoms with Crippen molar-refractivity contribution in [1.82, 2.24) is 5.32 Å². The molecule has 3 heteroatoms. The Morgan fingerprint density at radius 1 is 1.38 bits per heavy atom. The number of unbranched alkanes of at least 4 members (excludes halogenated alkanes) is 2. The number of nitrogens with one attached hydrogen (secondary N) is 1. The summed E-state index contributed by atoms with van der Waals surface area (Å²) in [5.74, 6) is -0.743. The lowest BCUT2D eigenvalue weighted by Gasteiger charge is -2.24. The van der Waals surface area contributed by atoms with Crippen molar-refractivity contribution in [1.29, 1.82) is 0 Å². The maximum absolute atomic E-state index is 10.5. The molecular formula is C10H21NO2. The Balaban J connectivity index is 3.56. The molecule has 0 radical (unpaired) electrons. The maximum Gasteiger partial charge on any atom is 0.305 e. The zero-order chi connectivity index (χ0) is 10.3. The molecule has 0 heterocycles. The highest BCUT2D eigenvalue weighted by atomic mass is 16.4. The minimum Gasteiger partial charge on any atom is -0.481 e. The van der Waals surface area contributed by atoms with Gasteiger partial charge in [0.05, 0.1) is 6.42 Å². The molecule has 0 aromatic heterocycles. The monoisotopic (exact) mass is 187 g/mol. The molecule has 0 rings (SSSR count). The molecule has 0 fully saturated rings. The van der Waals surface area contributed by atoms with Crippen molar-refractivity contribution in [3.05, 3.63) is 0 Å². The molecule has 3 nitrogen and oxygen atoms in total. The van der Waals surface area contributed by atoms with Gasteiger partial charge < -0.3 is 10.4 Å². The third-order valence-corrected chi connectivity index (χ3v) is 1.98. The van der Waals surface area contributed by atoms with Gasteiger partial charge in [0, 0.05) is 5.54 Å². The van der Waals surface area contributed by atoms with Gasteiger partial charge in [-0.05, 0) is 26.8 Å². The standard InChI is InChI=1S/C10H21NO2/c1-4-5-6-7-11-10(2,3)8-9(12)13/h11H,4-8H2,1-3H3,(H,12,13). The summed E-state index contributed by atoms with van der Waals surface area (Å²) in [4.78, 5) is 10.5. The lowest BCUT2D eigenvalue weighted by Crippen LogP contribution is -2.41. The van der Waals surface area contributed by atoms with Crippen molar-refractivity contribution >= 4 is 5.97 Å². The summed E-state index contributed by atoms with van der Waals surface area (Å²) < 4.78 is 0. The average molecular weight is 187 g/mol.